The Kier molecular flexibility index (Phi) is 7.46. The van der Waals surface area contributed by atoms with Gasteiger partial charge in [-0.1, -0.05) is 25.7 Å². The van der Waals surface area contributed by atoms with Crippen LogP contribution in [0.3, 0.4) is 0 Å². The van der Waals surface area contributed by atoms with Gasteiger partial charge in [0.25, 0.3) is 5.91 Å². The van der Waals surface area contributed by atoms with Crippen molar-refractivity contribution in [3.8, 4) is 17.2 Å². The van der Waals surface area contributed by atoms with E-state index in [2.05, 4.69) is 4.90 Å². The van der Waals surface area contributed by atoms with Gasteiger partial charge in [-0.15, -0.1) is 0 Å². The molecule has 0 spiro atoms. The molecule has 0 radical (unpaired) electrons. The first-order valence-electron chi connectivity index (χ1n) is 11.1. The Morgan fingerprint density at radius 1 is 0.821 bits per heavy atom. The lowest BCUT2D eigenvalue weighted by Gasteiger charge is -2.35. The van der Waals surface area contributed by atoms with Gasteiger partial charge in [0.15, 0.2) is 11.5 Å². The molecule has 3 rings (SSSR count). The van der Waals surface area contributed by atoms with Crippen molar-refractivity contribution >= 4 is 5.91 Å². The molecule has 0 unspecified atom stereocenters. The molecule has 0 atom stereocenters. The predicted molar refractivity (Wildman–Crippen MR) is 111 cm³/mol. The fraction of sp³-hybridized carbons (Fsp3) is 0.696. The van der Waals surface area contributed by atoms with Crippen LogP contribution in [0.1, 0.15) is 82.5 Å². The highest BCUT2D eigenvalue weighted by molar-refractivity contribution is 5.96. The largest absolute Gasteiger partial charge is 0.490 e. The summed E-state index contributed by atoms with van der Waals surface area (Å²) in [6.45, 7) is 7.36. The Balaban J connectivity index is 1.97. The van der Waals surface area contributed by atoms with E-state index in [4.69, 9.17) is 14.2 Å². The Labute approximate surface area is 169 Å². The molecule has 0 N–H and O–H groups in total. The molecule has 0 heterocycles. The molecule has 28 heavy (non-hydrogen) atoms. The van der Waals surface area contributed by atoms with Gasteiger partial charge in [-0.2, -0.15) is 0 Å². The van der Waals surface area contributed by atoms with Crippen LogP contribution in [0.4, 0.5) is 0 Å². The average Bonchev–Trinajstić information content (AvgIpc) is 3.39. The van der Waals surface area contributed by atoms with Crippen LogP contribution in [-0.4, -0.2) is 42.7 Å². The zero-order valence-electron chi connectivity index (χ0n) is 17.7. The van der Waals surface area contributed by atoms with Gasteiger partial charge >= 0.3 is 0 Å². The molecule has 156 valence electrons. The van der Waals surface area contributed by atoms with Crippen molar-refractivity contribution in [3.63, 3.8) is 0 Å². The van der Waals surface area contributed by atoms with Crippen molar-refractivity contribution < 1.29 is 19.0 Å². The molecule has 2 fully saturated rings. The van der Waals surface area contributed by atoms with E-state index in [0.29, 0.717) is 54.7 Å². The topological polar surface area (TPSA) is 48.0 Å². The van der Waals surface area contributed by atoms with E-state index >= 15 is 0 Å². The van der Waals surface area contributed by atoms with Gasteiger partial charge in [0.2, 0.25) is 5.75 Å². The SMILES string of the molecule is CCOc1cc(C(=O)N(C2CCCC2)C2CCCC2)cc(OCC)c1OCC. The van der Waals surface area contributed by atoms with E-state index in [9.17, 15) is 4.79 Å². The second-order valence-electron chi connectivity index (χ2n) is 7.69. The molecule has 1 amide bonds. The summed E-state index contributed by atoms with van der Waals surface area (Å²) >= 11 is 0. The minimum atomic E-state index is 0.115. The fourth-order valence-corrected chi connectivity index (χ4v) is 4.66. The molecular weight excluding hydrogens is 354 g/mol. The molecular formula is C23H35NO4. The Bertz CT molecular complexity index is 605. The number of amides is 1. The molecule has 1 aromatic carbocycles. The Morgan fingerprint density at radius 2 is 1.25 bits per heavy atom. The first-order chi connectivity index (χ1) is 13.7. The van der Waals surface area contributed by atoms with Gasteiger partial charge in [0.1, 0.15) is 0 Å². The highest BCUT2D eigenvalue weighted by Crippen LogP contribution is 2.40. The monoisotopic (exact) mass is 389 g/mol. The van der Waals surface area contributed by atoms with Crippen LogP contribution in [0.15, 0.2) is 12.1 Å². The lowest BCUT2D eigenvalue weighted by molar-refractivity contribution is 0.0579. The first-order valence-corrected chi connectivity index (χ1v) is 11.1. The third-order valence-corrected chi connectivity index (χ3v) is 5.83. The molecule has 2 aliphatic rings. The number of benzene rings is 1. The minimum Gasteiger partial charge on any atom is -0.490 e. The zero-order chi connectivity index (χ0) is 19.9. The summed E-state index contributed by atoms with van der Waals surface area (Å²) in [5.74, 6) is 1.90. The molecule has 1 aromatic rings. The maximum atomic E-state index is 13.7. The van der Waals surface area contributed by atoms with E-state index in [1.54, 1.807) is 0 Å². The number of hydrogen-bond donors (Lipinski definition) is 0. The van der Waals surface area contributed by atoms with Crippen LogP contribution in [-0.2, 0) is 0 Å². The number of carbonyl (C=O) groups excluding carboxylic acids is 1. The molecule has 5 heteroatoms. The summed E-state index contributed by atoms with van der Waals surface area (Å²) in [6.07, 6.45) is 9.37. The number of hydrogen-bond acceptors (Lipinski definition) is 4. The molecule has 2 aliphatic carbocycles. The first kappa shape index (κ1) is 20.8. The van der Waals surface area contributed by atoms with E-state index in [-0.39, 0.29) is 5.91 Å². The summed E-state index contributed by atoms with van der Waals surface area (Å²) < 4.78 is 17.4. The number of nitrogens with zero attached hydrogens (tertiary/aromatic N) is 1. The van der Waals surface area contributed by atoms with Crippen molar-refractivity contribution in [2.45, 2.75) is 84.2 Å². The number of carbonyl (C=O) groups is 1. The summed E-state index contributed by atoms with van der Waals surface area (Å²) in [5.41, 5.74) is 0.647. The minimum absolute atomic E-state index is 0.115. The van der Waals surface area contributed by atoms with Crippen molar-refractivity contribution in [2.75, 3.05) is 19.8 Å². The Hall–Kier alpha value is -1.91. The summed E-state index contributed by atoms with van der Waals surface area (Å²) in [5, 5.41) is 0. The standard InChI is InChI=1S/C23H35NO4/c1-4-26-20-15-17(16-21(27-5-2)22(20)28-6-3)23(25)24(18-11-7-8-12-18)19-13-9-10-14-19/h15-16,18-19H,4-14H2,1-3H3. The highest BCUT2D eigenvalue weighted by atomic mass is 16.5. The summed E-state index contributed by atoms with van der Waals surface area (Å²) in [7, 11) is 0. The van der Waals surface area contributed by atoms with Crippen LogP contribution >= 0.6 is 0 Å². The third kappa shape index (κ3) is 4.56. The van der Waals surface area contributed by atoms with E-state index < -0.39 is 0 Å². The summed E-state index contributed by atoms with van der Waals surface area (Å²) in [6, 6.07) is 4.42. The predicted octanol–water partition coefficient (Wildman–Crippen LogP) is 5.21. The van der Waals surface area contributed by atoms with Gasteiger partial charge in [-0.05, 0) is 58.6 Å². The van der Waals surface area contributed by atoms with Crippen LogP contribution in [0.5, 0.6) is 17.2 Å². The molecule has 0 aliphatic heterocycles. The lowest BCUT2D eigenvalue weighted by atomic mass is 10.1. The van der Waals surface area contributed by atoms with Gasteiger partial charge < -0.3 is 19.1 Å². The molecule has 5 nitrogen and oxygen atoms in total. The highest BCUT2D eigenvalue weighted by Gasteiger charge is 2.35. The maximum Gasteiger partial charge on any atom is 0.254 e. The molecule has 0 saturated heterocycles. The van der Waals surface area contributed by atoms with Crippen molar-refractivity contribution in [1.29, 1.82) is 0 Å². The maximum absolute atomic E-state index is 13.7. The van der Waals surface area contributed by atoms with Crippen molar-refractivity contribution in [3.05, 3.63) is 17.7 Å². The Morgan fingerprint density at radius 3 is 1.64 bits per heavy atom. The van der Waals surface area contributed by atoms with E-state index in [1.165, 1.54) is 25.7 Å². The quantitative estimate of drug-likeness (QED) is 0.582. The number of ether oxygens (including phenoxy) is 3. The zero-order valence-corrected chi connectivity index (χ0v) is 17.7. The van der Waals surface area contributed by atoms with Gasteiger partial charge in [-0.3, -0.25) is 4.79 Å². The average molecular weight is 390 g/mol. The van der Waals surface area contributed by atoms with Gasteiger partial charge in [0.05, 0.1) is 19.8 Å². The third-order valence-electron chi connectivity index (χ3n) is 5.83. The van der Waals surface area contributed by atoms with Crippen molar-refractivity contribution in [2.24, 2.45) is 0 Å². The summed E-state index contributed by atoms with van der Waals surface area (Å²) in [4.78, 5) is 15.9. The molecule has 2 saturated carbocycles. The van der Waals surface area contributed by atoms with E-state index in [1.807, 2.05) is 32.9 Å². The van der Waals surface area contributed by atoms with Crippen LogP contribution in [0, 0.1) is 0 Å². The van der Waals surface area contributed by atoms with Crippen LogP contribution < -0.4 is 14.2 Å². The van der Waals surface area contributed by atoms with Crippen LogP contribution in [0.2, 0.25) is 0 Å². The van der Waals surface area contributed by atoms with Crippen LogP contribution in [0.25, 0.3) is 0 Å². The fourth-order valence-electron chi connectivity index (χ4n) is 4.66. The normalized spacial score (nSPS) is 17.7. The van der Waals surface area contributed by atoms with Crippen molar-refractivity contribution in [1.82, 2.24) is 4.90 Å². The van der Waals surface area contributed by atoms with Gasteiger partial charge in [0, 0.05) is 17.6 Å². The van der Waals surface area contributed by atoms with E-state index in [0.717, 1.165) is 25.7 Å². The number of rotatable bonds is 9. The lowest BCUT2D eigenvalue weighted by Crippen LogP contribution is -2.45. The second kappa shape index (κ2) is 10.0. The smallest absolute Gasteiger partial charge is 0.254 e. The molecule has 0 aromatic heterocycles. The van der Waals surface area contributed by atoms with Gasteiger partial charge in [-0.25, -0.2) is 0 Å². The molecule has 0 bridgehead atoms. The second-order valence-corrected chi connectivity index (χ2v) is 7.69.